The van der Waals surface area contributed by atoms with Gasteiger partial charge in [0.25, 0.3) is 0 Å². The van der Waals surface area contributed by atoms with Gasteiger partial charge in [0.2, 0.25) is 0 Å². The molecule has 1 N–H and O–H groups in total. The molecule has 1 aromatic heterocycles. The van der Waals surface area contributed by atoms with Crippen LogP contribution in [0, 0.1) is 0 Å². The van der Waals surface area contributed by atoms with E-state index in [-0.39, 0.29) is 0 Å². The van der Waals surface area contributed by atoms with Crippen molar-refractivity contribution in [2.75, 3.05) is 25.1 Å². The Hall–Kier alpha value is -0.650. The van der Waals surface area contributed by atoms with Crippen molar-refractivity contribution in [3.63, 3.8) is 0 Å². The molecule has 1 aliphatic heterocycles. The molecule has 0 amide bonds. The molecule has 0 bridgehead atoms. The third kappa shape index (κ3) is 4.66. The maximum Gasteiger partial charge on any atom is 0.186 e. The molecular weight excluding hydrogens is 282 g/mol. The molecule has 0 aromatic carbocycles. The second kappa shape index (κ2) is 8.71. The van der Waals surface area contributed by atoms with Crippen molar-refractivity contribution in [1.29, 1.82) is 0 Å². The fourth-order valence-corrected chi connectivity index (χ4v) is 3.98. The fraction of sp³-hybridized carbons (Fsp3) is 0.812. The van der Waals surface area contributed by atoms with Crippen LogP contribution in [-0.2, 0) is 17.9 Å². The second-order valence-electron chi connectivity index (χ2n) is 5.87. The molecule has 1 aliphatic rings. The third-order valence-electron chi connectivity index (χ3n) is 4.06. The lowest BCUT2D eigenvalue weighted by Gasteiger charge is -2.26. The Morgan fingerprint density at radius 1 is 1.38 bits per heavy atom. The highest BCUT2D eigenvalue weighted by Crippen LogP contribution is 2.31. The summed E-state index contributed by atoms with van der Waals surface area (Å²) in [7, 11) is 1.75. The fourth-order valence-electron chi connectivity index (χ4n) is 2.82. The lowest BCUT2D eigenvalue weighted by molar-refractivity contribution is 0.181. The van der Waals surface area contributed by atoms with Crippen LogP contribution >= 0.6 is 11.3 Å². The molecule has 0 aliphatic carbocycles. The standard InChI is InChI=1S/C16H29N3OS/c1-4-9-17-11-15-14(12-20-3)18-16(21-15)19-10-7-5-6-8-13(19)2/h13,17H,4-12H2,1-3H3. The van der Waals surface area contributed by atoms with E-state index in [1.54, 1.807) is 7.11 Å². The van der Waals surface area contributed by atoms with E-state index in [2.05, 4.69) is 24.1 Å². The van der Waals surface area contributed by atoms with Crippen LogP contribution in [-0.4, -0.2) is 31.2 Å². The summed E-state index contributed by atoms with van der Waals surface area (Å²) in [5.74, 6) is 0. The van der Waals surface area contributed by atoms with Gasteiger partial charge in [-0.05, 0) is 32.7 Å². The number of rotatable bonds is 7. The van der Waals surface area contributed by atoms with Crippen molar-refractivity contribution in [3.8, 4) is 0 Å². The van der Waals surface area contributed by atoms with Crippen LogP contribution in [0.15, 0.2) is 0 Å². The molecule has 120 valence electrons. The van der Waals surface area contributed by atoms with Gasteiger partial charge in [0, 0.05) is 31.1 Å². The molecule has 0 radical (unpaired) electrons. The number of thiazole rings is 1. The number of ether oxygens (including phenoxy) is 1. The Labute approximate surface area is 132 Å². The van der Waals surface area contributed by atoms with E-state index in [4.69, 9.17) is 9.72 Å². The van der Waals surface area contributed by atoms with Gasteiger partial charge in [-0.1, -0.05) is 19.8 Å². The average Bonchev–Trinajstić information content (AvgIpc) is 2.73. The zero-order chi connectivity index (χ0) is 15.1. The second-order valence-corrected chi connectivity index (χ2v) is 6.93. The summed E-state index contributed by atoms with van der Waals surface area (Å²) in [5.41, 5.74) is 1.11. The number of methoxy groups -OCH3 is 1. The molecule has 0 saturated carbocycles. The molecule has 2 rings (SSSR count). The summed E-state index contributed by atoms with van der Waals surface area (Å²) >= 11 is 1.84. The molecule has 1 aromatic rings. The average molecular weight is 311 g/mol. The molecule has 2 heterocycles. The molecule has 1 fully saturated rings. The van der Waals surface area contributed by atoms with Gasteiger partial charge in [0.05, 0.1) is 12.3 Å². The van der Waals surface area contributed by atoms with Gasteiger partial charge in [-0.3, -0.25) is 0 Å². The number of nitrogens with zero attached hydrogens (tertiary/aromatic N) is 2. The van der Waals surface area contributed by atoms with E-state index in [1.807, 2.05) is 11.3 Å². The zero-order valence-corrected chi connectivity index (χ0v) is 14.5. The first-order chi connectivity index (χ1) is 10.3. The van der Waals surface area contributed by atoms with E-state index in [9.17, 15) is 0 Å². The Morgan fingerprint density at radius 2 is 2.24 bits per heavy atom. The number of hydrogen-bond donors (Lipinski definition) is 1. The summed E-state index contributed by atoms with van der Waals surface area (Å²) < 4.78 is 5.32. The lowest BCUT2D eigenvalue weighted by atomic mass is 10.1. The van der Waals surface area contributed by atoms with Crippen molar-refractivity contribution < 1.29 is 4.74 Å². The van der Waals surface area contributed by atoms with Crippen molar-refractivity contribution in [1.82, 2.24) is 10.3 Å². The van der Waals surface area contributed by atoms with Crippen LogP contribution in [0.5, 0.6) is 0 Å². The molecule has 0 spiro atoms. The Kier molecular flexibility index (Phi) is 6.93. The number of anilines is 1. The van der Waals surface area contributed by atoms with Crippen molar-refractivity contribution in [3.05, 3.63) is 10.6 Å². The highest BCUT2D eigenvalue weighted by Gasteiger charge is 2.22. The maximum absolute atomic E-state index is 5.32. The van der Waals surface area contributed by atoms with Gasteiger partial charge in [-0.15, -0.1) is 11.3 Å². The summed E-state index contributed by atoms with van der Waals surface area (Å²) in [5, 5.41) is 4.67. The van der Waals surface area contributed by atoms with Gasteiger partial charge in [0.15, 0.2) is 5.13 Å². The van der Waals surface area contributed by atoms with E-state index < -0.39 is 0 Å². The largest absolute Gasteiger partial charge is 0.378 e. The minimum atomic E-state index is 0.602. The summed E-state index contributed by atoms with van der Waals surface area (Å²) in [6, 6.07) is 0.602. The highest BCUT2D eigenvalue weighted by atomic mass is 32.1. The van der Waals surface area contributed by atoms with Crippen LogP contribution in [0.4, 0.5) is 5.13 Å². The molecule has 4 nitrogen and oxygen atoms in total. The predicted molar refractivity (Wildman–Crippen MR) is 90.1 cm³/mol. The van der Waals surface area contributed by atoms with E-state index >= 15 is 0 Å². The molecule has 1 saturated heterocycles. The van der Waals surface area contributed by atoms with Gasteiger partial charge < -0.3 is 15.0 Å². The number of hydrogen-bond acceptors (Lipinski definition) is 5. The van der Waals surface area contributed by atoms with Crippen LogP contribution in [0.3, 0.4) is 0 Å². The lowest BCUT2D eigenvalue weighted by Crippen LogP contribution is -2.32. The monoisotopic (exact) mass is 311 g/mol. The van der Waals surface area contributed by atoms with Crippen molar-refractivity contribution >= 4 is 16.5 Å². The highest BCUT2D eigenvalue weighted by molar-refractivity contribution is 7.15. The van der Waals surface area contributed by atoms with Gasteiger partial charge in [-0.2, -0.15) is 0 Å². The SMILES string of the molecule is CCCNCc1sc(N2CCCCCC2C)nc1COC. The minimum Gasteiger partial charge on any atom is -0.378 e. The normalized spacial score (nSPS) is 19.8. The van der Waals surface area contributed by atoms with Crippen LogP contribution in [0.2, 0.25) is 0 Å². The molecule has 1 atom stereocenters. The zero-order valence-electron chi connectivity index (χ0n) is 13.7. The first-order valence-electron chi connectivity index (χ1n) is 8.21. The number of aromatic nitrogens is 1. The third-order valence-corrected chi connectivity index (χ3v) is 5.19. The van der Waals surface area contributed by atoms with E-state index in [0.717, 1.165) is 31.7 Å². The Morgan fingerprint density at radius 3 is 3.00 bits per heavy atom. The summed E-state index contributed by atoms with van der Waals surface area (Å²) in [6.45, 7) is 8.24. The minimum absolute atomic E-state index is 0.602. The van der Waals surface area contributed by atoms with Crippen molar-refractivity contribution in [2.24, 2.45) is 0 Å². The number of nitrogens with one attached hydrogen (secondary N) is 1. The van der Waals surface area contributed by atoms with Gasteiger partial charge in [-0.25, -0.2) is 4.98 Å². The van der Waals surface area contributed by atoms with Crippen LogP contribution < -0.4 is 10.2 Å². The van der Waals surface area contributed by atoms with Crippen molar-refractivity contribution in [2.45, 2.75) is 65.1 Å². The maximum atomic E-state index is 5.32. The Bertz CT molecular complexity index is 422. The predicted octanol–water partition coefficient (Wildman–Crippen LogP) is 3.56. The Balaban J connectivity index is 2.12. The van der Waals surface area contributed by atoms with Crippen LogP contribution in [0.25, 0.3) is 0 Å². The van der Waals surface area contributed by atoms with Gasteiger partial charge in [0.1, 0.15) is 0 Å². The first kappa shape index (κ1) is 16.7. The van der Waals surface area contributed by atoms with Gasteiger partial charge >= 0.3 is 0 Å². The topological polar surface area (TPSA) is 37.4 Å². The first-order valence-corrected chi connectivity index (χ1v) is 9.02. The smallest absolute Gasteiger partial charge is 0.186 e. The summed E-state index contributed by atoms with van der Waals surface area (Å²) in [6.07, 6.45) is 6.42. The molecule has 5 heteroatoms. The molecular formula is C16H29N3OS. The summed E-state index contributed by atoms with van der Waals surface area (Å²) in [4.78, 5) is 8.70. The van der Waals surface area contributed by atoms with E-state index in [1.165, 1.54) is 35.7 Å². The van der Waals surface area contributed by atoms with E-state index in [0.29, 0.717) is 12.6 Å². The quantitative estimate of drug-likeness (QED) is 0.781. The molecule has 21 heavy (non-hydrogen) atoms. The van der Waals surface area contributed by atoms with Crippen LogP contribution in [0.1, 0.15) is 56.5 Å². The molecule has 1 unspecified atom stereocenters.